The van der Waals surface area contributed by atoms with Crippen molar-refractivity contribution in [3.63, 3.8) is 0 Å². The maximum atomic E-state index is 12.6. The second-order valence-electron chi connectivity index (χ2n) is 5.53. The van der Waals surface area contributed by atoms with Crippen LogP contribution >= 0.6 is 0 Å². The molecule has 0 saturated carbocycles. The van der Waals surface area contributed by atoms with Crippen LogP contribution in [0.1, 0.15) is 31.4 Å². The van der Waals surface area contributed by atoms with Gasteiger partial charge in [-0.2, -0.15) is 0 Å². The van der Waals surface area contributed by atoms with Crippen LogP contribution in [0, 0.1) is 0 Å². The van der Waals surface area contributed by atoms with E-state index in [4.69, 9.17) is 15.2 Å². The number of urea groups is 1. The van der Waals surface area contributed by atoms with E-state index in [1.165, 1.54) is 0 Å². The number of hydrogen-bond donors (Lipinski definition) is 2. The Morgan fingerprint density at radius 3 is 2.70 bits per heavy atom. The molecule has 23 heavy (non-hydrogen) atoms. The van der Waals surface area contributed by atoms with Gasteiger partial charge in [-0.1, -0.05) is 0 Å². The van der Waals surface area contributed by atoms with Crippen molar-refractivity contribution in [2.24, 2.45) is 5.73 Å². The summed E-state index contributed by atoms with van der Waals surface area (Å²) in [5.74, 6) is 1.27. The lowest BCUT2D eigenvalue weighted by molar-refractivity contribution is -0.133. The van der Waals surface area contributed by atoms with Gasteiger partial charge in [0.15, 0.2) is 0 Å². The number of nitrogens with two attached hydrogens (primary N) is 1. The van der Waals surface area contributed by atoms with Crippen LogP contribution < -0.4 is 20.5 Å². The second-order valence-corrected chi connectivity index (χ2v) is 5.53. The van der Waals surface area contributed by atoms with Crippen LogP contribution in [0.5, 0.6) is 11.5 Å². The standard InChI is InChI=1S/C16H23N3O4/c1-10(18-16(17)21)15(20)19-8-4-5-13(19)12-9-11(22-2)6-7-14(12)23-3/h6-7,9-10,13H,4-5,8H2,1-3H3,(H3,17,18,21)/t10-,13+/m0/s1. The predicted molar refractivity (Wildman–Crippen MR) is 85.4 cm³/mol. The van der Waals surface area contributed by atoms with Gasteiger partial charge in [0.25, 0.3) is 0 Å². The number of nitrogens with zero attached hydrogens (tertiary/aromatic N) is 1. The average molecular weight is 321 g/mol. The lowest BCUT2D eigenvalue weighted by Crippen LogP contribution is -2.48. The Morgan fingerprint density at radius 1 is 1.35 bits per heavy atom. The molecule has 0 unspecified atom stereocenters. The molecule has 2 atom stereocenters. The van der Waals surface area contributed by atoms with Crippen LogP contribution in [-0.4, -0.2) is 43.6 Å². The molecule has 3 amide bonds. The van der Waals surface area contributed by atoms with Gasteiger partial charge >= 0.3 is 6.03 Å². The lowest BCUT2D eigenvalue weighted by Gasteiger charge is -2.29. The van der Waals surface area contributed by atoms with E-state index in [0.717, 1.165) is 18.4 Å². The minimum absolute atomic E-state index is 0.107. The number of rotatable bonds is 5. The molecule has 1 saturated heterocycles. The van der Waals surface area contributed by atoms with Crippen LogP contribution in [0.25, 0.3) is 0 Å². The smallest absolute Gasteiger partial charge is 0.312 e. The molecule has 0 spiro atoms. The number of primary amides is 1. The minimum Gasteiger partial charge on any atom is -0.497 e. The topological polar surface area (TPSA) is 93.9 Å². The quantitative estimate of drug-likeness (QED) is 0.857. The summed E-state index contributed by atoms with van der Waals surface area (Å²) in [6.07, 6.45) is 1.72. The highest BCUT2D eigenvalue weighted by molar-refractivity contribution is 5.86. The summed E-state index contributed by atoms with van der Waals surface area (Å²) in [6, 6.07) is 4.07. The van der Waals surface area contributed by atoms with Crippen molar-refractivity contribution in [1.29, 1.82) is 0 Å². The van der Waals surface area contributed by atoms with E-state index in [1.54, 1.807) is 26.0 Å². The summed E-state index contributed by atoms with van der Waals surface area (Å²) in [5, 5.41) is 2.43. The molecular formula is C16H23N3O4. The summed E-state index contributed by atoms with van der Waals surface area (Å²) in [7, 11) is 3.20. The van der Waals surface area contributed by atoms with E-state index in [9.17, 15) is 9.59 Å². The molecule has 7 heteroatoms. The molecule has 0 aromatic heterocycles. The van der Waals surface area contributed by atoms with E-state index in [1.807, 2.05) is 18.2 Å². The zero-order chi connectivity index (χ0) is 17.0. The number of nitrogens with one attached hydrogen (secondary N) is 1. The first-order chi connectivity index (χ1) is 11.0. The SMILES string of the molecule is COc1ccc(OC)c([C@H]2CCCN2C(=O)[C@H](C)NC(N)=O)c1. The van der Waals surface area contributed by atoms with Gasteiger partial charge in [-0.25, -0.2) is 4.79 Å². The fourth-order valence-corrected chi connectivity index (χ4v) is 2.98. The van der Waals surface area contributed by atoms with E-state index in [0.29, 0.717) is 18.0 Å². The van der Waals surface area contributed by atoms with Crippen molar-refractivity contribution >= 4 is 11.9 Å². The molecule has 0 aliphatic carbocycles. The van der Waals surface area contributed by atoms with Gasteiger partial charge in [0.05, 0.1) is 20.3 Å². The Balaban J connectivity index is 2.28. The summed E-state index contributed by atoms with van der Waals surface area (Å²) in [4.78, 5) is 25.3. The van der Waals surface area contributed by atoms with Crippen LogP contribution in [0.2, 0.25) is 0 Å². The van der Waals surface area contributed by atoms with Gasteiger partial charge in [-0.05, 0) is 38.0 Å². The Hall–Kier alpha value is -2.44. The first kappa shape index (κ1) is 16.9. The number of benzene rings is 1. The normalized spacial score (nSPS) is 18.4. The fraction of sp³-hybridized carbons (Fsp3) is 0.500. The number of hydrogen-bond acceptors (Lipinski definition) is 4. The molecule has 126 valence electrons. The molecule has 1 aliphatic heterocycles. The summed E-state index contributed by atoms with van der Waals surface area (Å²) >= 11 is 0. The minimum atomic E-state index is -0.708. The third-order valence-corrected chi connectivity index (χ3v) is 4.06. The molecular weight excluding hydrogens is 298 g/mol. The van der Waals surface area contributed by atoms with Crippen LogP contribution in [0.3, 0.4) is 0 Å². The van der Waals surface area contributed by atoms with Crippen molar-refractivity contribution in [2.45, 2.75) is 31.8 Å². The van der Waals surface area contributed by atoms with Crippen molar-refractivity contribution in [3.05, 3.63) is 23.8 Å². The first-order valence-corrected chi connectivity index (χ1v) is 7.56. The lowest BCUT2D eigenvalue weighted by atomic mass is 10.0. The summed E-state index contributed by atoms with van der Waals surface area (Å²) in [5.41, 5.74) is 6.01. The van der Waals surface area contributed by atoms with Crippen molar-refractivity contribution < 1.29 is 19.1 Å². The summed E-state index contributed by atoms with van der Waals surface area (Å²) < 4.78 is 10.7. The molecule has 1 heterocycles. The maximum Gasteiger partial charge on any atom is 0.312 e. The molecule has 1 aliphatic rings. The Bertz CT molecular complexity index is 591. The number of ether oxygens (including phenoxy) is 2. The highest BCUT2D eigenvalue weighted by Crippen LogP contribution is 2.39. The third-order valence-electron chi connectivity index (χ3n) is 4.06. The van der Waals surface area contributed by atoms with E-state index < -0.39 is 12.1 Å². The Labute approximate surface area is 135 Å². The van der Waals surface area contributed by atoms with Gasteiger partial charge < -0.3 is 25.4 Å². The van der Waals surface area contributed by atoms with E-state index >= 15 is 0 Å². The predicted octanol–water partition coefficient (Wildman–Crippen LogP) is 1.42. The fourth-order valence-electron chi connectivity index (χ4n) is 2.98. The second kappa shape index (κ2) is 7.21. The highest BCUT2D eigenvalue weighted by Gasteiger charge is 2.34. The van der Waals surface area contributed by atoms with Crippen molar-refractivity contribution in [3.8, 4) is 11.5 Å². The zero-order valence-corrected chi connectivity index (χ0v) is 13.7. The van der Waals surface area contributed by atoms with Gasteiger partial charge in [0, 0.05) is 12.1 Å². The van der Waals surface area contributed by atoms with E-state index in [2.05, 4.69) is 5.32 Å². The van der Waals surface area contributed by atoms with Crippen molar-refractivity contribution in [1.82, 2.24) is 10.2 Å². The summed E-state index contributed by atoms with van der Waals surface area (Å²) in [6.45, 7) is 2.26. The number of likely N-dealkylation sites (tertiary alicyclic amines) is 1. The Kier molecular flexibility index (Phi) is 5.31. The molecule has 2 rings (SSSR count). The number of amides is 3. The zero-order valence-electron chi connectivity index (χ0n) is 13.7. The number of carbonyl (C=O) groups excluding carboxylic acids is 2. The highest BCUT2D eigenvalue weighted by atomic mass is 16.5. The molecule has 0 radical (unpaired) electrons. The van der Waals surface area contributed by atoms with Crippen molar-refractivity contribution in [2.75, 3.05) is 20.8 Å². The monoisotopic (exact) mass is 321 g/mol. The van der Waals surface area contributed by atoms with Crippen LogP contribution in [-0.2, 0) is 4.79 Å². The van der Waals surface area contributed by atoms with Gasteiger partial charge in [-0.15, -0.1) is 0 Å². The largest absolute Gasteiger partial charge is 0.497 e. The van der Waals surface area contributed by atoms with Gasteiger partial charge in [-0.3, -0.25) is 4.79 Å². The van der Waals surface area contributed by atoms with E-state index in [-0.39, 0.29) is 11.9 Å². The molecule has 0 bridgehead atoms. The molecule has 3 N–H and O–H groups in total. The van der Waals surface area contributed by atoms with Gasteiger partial charge in [0.1, 0.15) is 17.5 Å². The van der Waals surface area contributed by atoms with Crippen LogP contribution in [0.15, 0.2) is 18.2 Å². The Morgan fingerprint density at radius 2 is 2.09 bits per heavy atom. The molecule has 1 fully saturated rings. The molecule has 1 aromatic rings. The average Bonchev–Trinajstić information content (AvgIpc) is 3.02. The molecule has 1 aromatic carbocycles. The first-order valence-electron chi connectivity index (χ1n) is 7.56. The third kappa shape index (κ3) is 3.67. The van der Waals surface area contributed by atoms with Crippen LogP contribution in [0.4, 0.5) is 4.79 Å². The number of carbonyl (C=O) groups is 2. The number of methoxy groups -OCH3 is 2. The van der Waals surface area contributed by atoms with Gasteiger partial charge in [0.2, 0.25) is 5.91 Å². The molecule has 7 nitrogen and oxygen atoms in total. The maximum absolute atomic E-state index is 12.6.